The largest absolute Gasteiger partial charge is 0.343 e. The number of hydrogen-bond donors (Lipinski definition) is 3. The third-order valence-electron chi connectivity index (χ3n) is 5.32. The summed E-state index contributed by atoms with van der Waals surface area (Å²) in [6.45, 7) is 8.09. The lowest BCUT2D eigenvalue weighted by molar-refractivity contribution is 0.427. The normalized spacial score (nSPS) is 16.4. The van der Waals surface area contributed by atoms with Crippen molar-refractivity contribution in [1.29, 1.82) is 0 Å². The van der Waals surface area contributed by atoms with Gasteiger partial charge in [-0.1, -0.05) is 20.8 Å². The van der Waals surface area contributed by atoms with Gasteiger partial charge in [-0.25, -0.2) is 18.1 Å². The van der Waals surface area contributed by atoms with E-state index in [1.54, 1.807) is 18.3 Å². The van der Waals surface area contributed by atoms with Crippen LogP contribution in [0.2, 0.25) is 0 Å². The van der Waals surface area contributed by atoms with E-state index in [0.29, 0.717) is 0 Å². The number of hydrogen-bond acceptors (Lipinski definition) is 5. The van der Waals surface area contributed by atoms with Gasteiger partial charge in [0.1, 0.15) is 10.5 Å². The van der Waals surface area contributed by atoms with E-state index < -0.39 is 10.0 Å². The van der Waals surface area contributed by atoms with Crippen LogP contribution in [-0.2, 0) is 15.4 Å². The summed E-state index contributed by atoms with van der Waals surface area (Å²) in [5.74, 6) is 0. The molecule has 3 aromatic heterocycles. The Kier molecular flexibility index (Phi) is 5.18. The fraction of sp³-hybridized carbons (Fsp3) is 0.429. The molecular weight excluding hydrogens is 386 g/mol. The number of H-pyrrole nitrogens is 1. The molecule has 1 aliphatic heterocycles. The zero-order valence-electron chi connectivity index (χ0n) is 17.0. The highest BCUT2D eigenvalue weighted by Crippen LogP contribution is 2.31. The highest BCUT2D eigenvalue weighted by Gasteiger charge is 2.23. The molecule has 0 aliphatic carbocycles. The summed E-state index contributed by atoms with van der Waals surface area (Å²) in [6, 6.07) is 7.36. The number of sulfonamides is 1. The van der Waals surface area contributed by atoms with Crippen LogP contribution in [0.25, 0.3) is 22.3 Å². The molecule has 0 amide bonds. The van der Waals surface area contributed by atoms with Crippen molar-refractivity contribution in [1.82, 2.24) is 25.0 Å². The minimum absolute atomic E-state index is 0.0242. The lowest BCUT2D eigenvalue weighted by Crippen LogP contribution is -2.42. The quantitative estimate of drug-likeness (QED) is 0.611. The summed E-state index contributed by atoms with van der Waals surface area (Å²) < 4.78 is 28.2. The zero-order valence-corrected chi connectivity index (χ0v) is 17.8. The molecule has 4 rings (SSSR count). The topological polar surface area (TPSA) is 99.8 Å². The van der Waals surface area contributed by atoms with Gasteiger partial charge >= 0.3 is 0 Å². The molecule has 0 saturated carbocycles. The molecule has 0 aromatic carbocycles. The standard InChI is InChI=1S/C21H27N5O2S/c1-21(2,3)19-12-17-16(8-11-23-20(17)25-19)18-5-4-15(13-24-18)29(27,28)26-14-6-9-22-10-7-14/h4-5,8,11-14,22,26H,6-7,9-10H2,1-3H3,(H,23,25). The van der Waals surface area contributed by atoms with Gasteiger partial charge in [0.2, 0.25) is 10.0 Å². The first-order valence-corrected chi connectivity index (χ1v) is 11.4. The molecule has 0 atom stereocenters. The zero-order chi connectivity index (χ0) is 20.6. The smallest absolute Gasteiger partial charge is 0.242 e. The second-order valence-electron chi connectivity index (χ2n) is 8.58. The van der Waals surface area contributed by atoms with Crippen LogP contribution in [0, 0.1) is 0 Å². The first kappa shape index (κ1) is 20.0. The molecule has 1 saturated heterocycles. The number of nitrogens with one attached hydrogen (secondary N) is 3. The highest BCUT2D eigenvalue weighted by molar-refractivity contribution is 7.89. The van der Waals surface area contributed by atoms with Gasteiger partial charge in [0.15, 0.2) is 0 Å². The van der Waals surface area contributed by atoms with Crippen molar-refractivity contribution >= 4 is 21.1 Å². The molecule has 29 heavy (non-hydrogen) atoms. The SMILES string of the molecule is CC(C)(C)c1cc2c(-c3ccc(S(=O)(=O)NC4CCNCC4)cn3)ccnc2[nH]1. The number of rotatable bonds is 4. The van der Waals surface area contributed by atoms with Gasteiger partial charge in [0.25, 0.3) is 0 Å². The van der Waals surface area contributed by atoms with Crippen LogP contribution in [0.1, 0.15) is 39.3 Å². The lowest BCUT2D eigenvalue weighted by Gasteiger charge is -2.23. The fourth-order valence-electron chi connectivity index (χ4n) is 3.58. The minimum atomic E-state index is -3.58. The molecule has 1 fully saturated rings. The van der Waals surface area contributed by atoms with Crippen molar-refractivity contribution in [2.75, 3.05) is 13.1 Å². The number of aromatic nitrogens is 3. The number of pyridine rings is 2. The summed E-state index contributed by atoms with van der Waals surface area (Å²) in [7, 11) is -3.58. The molecule has 0 radical (unpaired) electrons. The second-order valence-corrected chi connectivity index (χ2v) is 10.3. The molecule has 0 spiro atoms. The Hall–Kier alpha value is -2.29. The van der Waals surface area contributed by atoms with Crippen LogP contribution in [-0.4, -0.2) is 42.5 Å². The van der Waals surface area contributed by atoms with Crippen molar-refractivity contribution in [2.24, 2.45) is 0 Å². The van der Waals surface area contributed by atoms with E-state index in [2.05, 4.69) is 51.8 Å². The summed E-state index contributed by atoms with van der Waals surface area (Å²) in [5.41, 5.74) is 3.52. The van der Waals surface area contributed by atoms with E-state index in [-0.39, 0.29) is 16.4 Å². The average molecular weight is 414 g/mol. The van der Waals surface area contributed by atoms with Crippen LogP contribution in [0.5, 0.6) is 0 Å². The summed E-state index contributed by atoms with van der Waals surface area (Å²) in [4.78, 5) is 12.5. The Morgan fingerprint density at radius 2 is 1.86 bits per heavy atom. The van der Waals surface area contributed by atoms with Crippen molar-refractivity contribution in [3.8, 4) is 11.3 Å². The Morgan fingerprint density at radius 3 is 2.52 bits per heavy atom. The van der Waals surface area contributed by atoms with Gasteiger partial charge in [-0.05, 0) is 50.2 Å². The predicted octanol–water partition coefficient (Wildman–Crippen LogP) is 2.95. The van der Waals surface area contributed by atoms with Crippen LogP contribution < -0.4 is 10.0 Å². The number of aromatic amines is 1. The Labute approximate surface area is 171 Å². The highest BCUT2D eigenvalue weighted by atomic mass is 32.2. The molecule has 8 heteroatoms. The van der Waals surface area contributed by atoms with Crippen LogP contribution >= 0.6 is 0 Å². The summed E-state index contributed by atoms with van der Waals surface area (Å²) >= 11 is 0. The monoisotopic (exact) mass is 413 g/mol. The van der Waals surface area contributed by atoms with Crippen LogP contribution in [0.4, 0.5) is 0 Å². The second kappa shape index (κ2) is 7.51. The van der Waals surface area contributed by atoms with Crippen LogP contribution in [0.3, 0.4) is 0 Å². The molecule has 4 heterocycles. The molecule has 0 unspecified atom stereocenters. The maximum absolute atomic E-state index is 12.7. The molecule has 3 N–H and O–H groups in total. The molecule has 1 aliphatic rings. The molecule has 0 bridgehead atoms. The predicted molar refractivity (Wildman–Crippen MR) is 114 cm³/mol. The first-order chi connectivity index (χ1) is 13.7. The number of fused-ring (bicyclic) bond motifs is 1. The minimum Gasteiger partial charge on any atom is -0.343 e. The van der Waals surface area contributed by atoms with Gasteiger partial charge in [-0.3, -0.25) is 4.98 Å². The van der Waals surface area contributed by atoms with Gasteiger partial charge in [-0.15, -0.1) is 0 Å². The fourth-order valence-corrected chi connectivity index (χ4v) is 4.83. The third kappa shape index (κ3) is 4.19. The van der Waals surface area contributed by atoms with Gasteiger partial charge < -0.3 is 10.3 Å². The van der Waals surface area contributed by atoms with Crippen molar-refractivity contribution in [3.63, 3.8) is 0 Å². The first-order valence-electron chi connectivity index (χ1n) is 9.92. The summed E-state index contributed by atoms with van der Waals surface area (Å²) in [5, 5.41) is 4.22. The molecule has 7 nitrogen and oxygen atoms in total. The van der Waals surface area contributed by atoms with E-state index in [9.17, 15) is 8.42 Å². The van der Waals surface area contributed by atoms with E-state index in [1.807, 2.05) is 6.07 Å². The van der Waals surface area contributed by atoms with Gasteiger partial charge in [0, 0.05) is 40.5 Å². The van der Waals surface area contributed by atoms with Crippen molar-refractivity contribution < 1.29 is 8.42 Å². The lowest BCUT2D eigenvalue weighted by atomic mass is 9.92. The third-order valence-corrected chi connectivity index (χ3v) is 6.83. The van der Waals surface area contributed by atoms with E-state index in [4.69, 9.17) is 0 Å². The number of nitrogens with zero attached hydrogens (tertiary/aromatic N) is 2. The van der Waals surface area contributed by atoms with Crippen molar-refractivity contribution in [3.05, 3.63) is 42.4 Å². The maximum Gasteiger partial charge on any atom is 0.242 e. The Morgan fingerprint density at radius 1 is 1.10 bits per heavy atom. The number of piperidine rings is 1. The Bertz CT molecular complexity index is 1110. The van der Waals surface area contributed by atoms with Crippen molar-refractivity contribution in [2.45, 2.75) is 50.0 Å². The average Bonchev–Trinajstić information content (AvgIpc) is 3.13. The maximum atomic E-state index is 12.7. The molecule has 154 valence electrons. The summed E-state index contributed by atoms with van der Waals surface area (Å²) in [6.07, 6.45) is 4.76. The molecular formula is C21H27N5O2S. The van der Waals surface area contributed by atoms with Gasteiger partial charge in [0.05, 0.1) is 5.69 Å². The van der Waals surface area contributed by atoms with Gasteiger partial charge in [-0.2, -0.15) is 0 Å². The van der Waals surface area contributed by atoms with E-state index in [1.165, 1.54) is 6.20 Å². The molecule has 3 aromatic rings. The van der Waals surface area contributed by atoms with Crippen LogP contribution in [0.15, 0.2) is 41.6 Å². The van der Waals surface area contributed by atoms with E-state index >= 15 is 0 Å². The van der Waals surface area contributed by atoms with E-state index in [0.717, 1.165) is 53.9 Å². The Balaban J connectivity index is 1.63.